The number of benzene rings is 1. The van der Waals surface area contributed by atoms with E-state index >= 15 is 0 Å². The Morgan fingerprint density at radius 2 is 2.06 bits per heavy atom. The first-order valence-electron chi connectivity index (χ1n) is 5.62. The average Bonchev–Trinajstić information content (AvgIpc) is 2.69. The summed E-state index contributed by atoms with van der Waals surface area (Å²) in [7, 11) is 0. The Kier molecular flexibility index (Phi) is 3.94. The van der Waals surface area contributed by atoms with Gasteiger partial charge in [0.25, 0.3) is 0 Å². The van der Waals surface area contributed by atoms with Gasteiger partial charge in [-0.3, -0.25) is 14.2 Å². The SMILES string of the molecule is Cc1csc(=O)n1CC(=O)NCc1ccccc1. The van der Waals surface area contributed by atoms with Crippen LogP contribution in [0, 0.1) is 6.92 Å². The maximum atomic E-state index is 11.7. The van der Waals surface area contributed by atoms with Crippen LogP contribution in [0.25, 0.3) is 0 Å². The van der Waals surface area contributed by atoms with Crippen LogP contribution in [0.3, 0.4) is 0 Å². The number of hydrogen-bond donors (Lipinski definition) is 1. The van der Waals surface area contributed by atoms with Crippen molar-refractivity contribution in [2.45, 2.75) is 20.0 Å². The van der Waals surface area contributed by atoms with E-state index in [2.05, 4.69) is 5.32 Å². The van der Waals surface area contributed by atoms with E-state index < -0.39 is 0 Å². The zero-order valence-corrected chi connectivity index (χ0v) is 10.9. The predicted octanol–water partition coefficient (Wildman–Crippen LogP) is 1.53. The van der Waals surface area contributed by atoms with Crippen molar-refractivity contribution in [2.75, 3.05) is 0 Å². The summed E-state index contributed by atoms with van der Waals surface area (Å²) in [6.45, 7) is 2.39. The van der Waals surface area contributed by atoms with Crippen LogP contribution in [0.4, 0.5) is 0 Å². The van der Waals surface area contributed by atoms with Gasteiger partial charge in [0.1, 0.15) is 6.54 Å². The van der Waals surface area contributed by atoms with E-state index in [0.29, 0.717) is 6.54 Å². The van der Waals surface area contributed by atoms with Gasteiger partial charge >= 0.3 is 4.87 Å². The third-order valence-corrected chi connectivity index (χ3v) is 3.49. The highest BCUT2D eigenvalue weighted by Crippen LogP contribution is 2.00. The summed E-state index contributed by atoms with van der Waals surface area (Å²) in [5.74, 6) is -0.151. The molecule has 0 unspecified atom stereocenters. The van der Waals surface area contributed by atoms with Gasteiger partial charge in [-0.15, -0.1) is 0 Å². The number of aryl methyl sites for hydroxylation is 1. The van der Waals surface area contributed by atoms with Crippen molar-refractivity contribution in [3.05, 3.63) is 56.6 Å². The number of carbonyl (C=O) groups excluding carboxylic acids is 1. The van der Waals surface area contributed by atoms with Gasteiger partial charge in [0, 0.05) is 17.6 Å². The van der Waals surface area contributed by atoms with Gasteiger partial charge in [-0.25, -0.2) is 0 Å². The van der Waals surface area contributed by atoms with E-state index in [1.807, 2.05) is 37.3 Å². The minimum Gasteiger partial charge on any atom is -0.350 e. The number of amides is 1. The third kappa shape index (κ3) is 3.07. The molecule has 0 saturated carbocycles. The monoisotopic (exact) mass is 262 g/mol. The molecule has 0 radical (unpaired) electrons. The van der Waals surface area contributed by atoms with E-state index in [1.54, 1.807) is 5.38 Å². The molecule has 0 aliphatic rings. The Morgan fingerprint density at radius 3 is 2.67 bits per heavy atom. The summed E-state index contributed by atoms with van der Waals surface area (Å²) >= 11 is 1.11. The predicted molar refractivity (Wildman–Crippen MR) is 71.6 cm³/mol. The molecule has 1 amide bonds. The Hall–Kier alpha value is -1.88. The number of nitrogens with one attached hydrogen (secondary N) is 1. The third-order valence-electron chi connectivity index (χ3n) is 2.61. The molecule has 1 N–H and O–H groups in total. The van der Waals surface area contributed by atoms with Gasteiger partial charge in [0.15, 0.2) is 0 Å². The van der Waals surface area contributed by atoms with Gasteiger partial charge in [-0.05, 0) is 12.5 Å². The first-order valence-corrected chi connectivity index (χ1v) is 6.50. The molecule has 1 aromatic heterocycles. The molecule has 4 nitrogen and oxygen atoms in total. The second-order valence-electron chi connectivity index (χ2n) is 3.99. The molecular formula is C13H14N2O2S. The van der Waals surface area contributed by atoms with Crippen LogP contribution in [0.15, 0.2) is 40.5 Å². The van der Waals surface area contributed by atoms with E-state index in [1.165, 1.54) is 4.57 Å². The molecule has 2 rings (SSSR count). The molecule has 0 spiro atoms. The van der Waals surface area contributed by atoms with Crippen molar-refractivity contribution in [2.24, 2.45) is 0 Å². The summed E-state index contributed by atoms with van der Waals surface area (Å²) in [6, 6.07) is 9.67. The van der Waals surface area contributed by atoms with Crippen molar-refractivity contribution in [1.82, 2.24) is 9.88 Å². The van der Waals surface area contributed by atoms with Crippen LogP contribution < -0.4 is 10.2 Å². The second kappa shape index (κ2) is 5.64. The fourth-order valence-electron chi connectivity index (χ4n) is 1.59. The van der Waals surface area contributed by atoms with Crippen LogP contribution in [0.1, 0.15) is 11.3 Å². The first kappa shape index (κ1) is 12.6. The zero-order valence-electron chi connectivity index (χ0n) is 10.1. The summed E-state index contributed by atoms with van der Waals surface area (Å²) in [5, 5.41) is 4.55. The van der Waals surface area contributed by atoms with E-state index in [0.717, 1.165) is 22.6 Å². The van der Waals surface area contributed by atoms with Gasteiger partial charge in [-0.2, -0.15) is 0 Å². The smallest absolute Gasteiger partial charge is 0.307 e. The molecule has 0 aliphatic heterocycles. The van der Waals surface area contributed by atoms with Gasteiger partial charge in [0.05, 0.1) is 0 Å². The first-order chi connectivity index (χ1) is 8.66. The molecule has 0 bridgehead atoms. The lowest BCUT2D eigenvalue weighted by molar-refractivity contribution is -0.121. The Bertz CT molecular complexity index is 587. The zero-order chi connectivity index (χ0) is 13.0. The molecular weight excluding hydrogens is 248 g/mol. The maximum Gasteiger partial charge on any atom is 0.307 e. The quantitative estimate of drug-likeness (QED) is 0.908. The molecule has 2 aromatic rings. The number of thiazole rings is 1. The molecule has 0 atom stereocenters. The molecule has 5 heteroatoms. The van der Waals surface area contributed by atoms with Crippen LogP contribution >= 0.6 is 11.3 Å². The fraction of sp³-hybridized carbons (Fsp3) is 0.231. The summed E-state index contributed by atoms with van der Waals surface area (Å²) < 4.78 is 1.48. The number of rotatable bonds is 4. The highest BCUT2D eigenvalue weighted by molar-refractivity contribution is 7.07. The van der Waals surface area contributed by atoms with Crippen LogP contribution in [0.5, 0.6) is 0 Å². The topological polar surface area (TPSA) is 51.1 Å². The van der Waals surface area contributed by atoms with Gasteiger partial charge in [0.2, 0.25) is 5.91 Å². The molecule has 0 fully saturated rings. The van der Waals surface area contributed by atoms with Crippen LogP contribution in [-0.4, -0.2) is 10.5 Å². The minimum absolute atomic E-state index is 0.0843. The maximum absolute atomic E-state index is 11.7. The lowest BCUT2D eigenvalue weighted by Crippen LogP contribution is -2.30. The van der Waals surface area contributed by atoms with E-state index in [-0.39, 0.29) is 17.3 Å². The Labute approximate surface area is 109 Å². The molecule has 1 heterocycles. The average molecular weight is 262 g/mol. The number of nitrogens with zero attached hydrogens (tertiary/aromatic N) is 1. The lowest BCUT2D eigenvalue weighted by Gasteiger charge is -2.06. The van der Waals surface area contributed by atoms with Crippen molar-refractivity contribution >= 4 is 17.2 Å². The number of hydrogen-bond acceptors (Lipinski definition) is 3. The highest BCUT2D eigenvalue weighted by Gasteiger charge is 2.07. The van der Waals surface area contributed by atoms with Gasteiger partial charge in [-0.1, -0.05) is 41.7 Å². The molecule has 0 aliphatic carbocycles. The van der Waals surface area contributed by atoms with E-state index in [4.69, 9.17) is 0 Å². The summed E-state index contributed by atoms with van der Waals surface area (Å²) in [4.78, 5) is 23.1. The minimum atomic E-state index is -0.151. The van der Waals surface area contributed by atoms with Crippen molar-refractivity contribution < 1.29 is 4.79 Å². The molecule has 0 saturated heterocycles. The fourth-order valence-corrected chi connectivity index (χ4v) is 2.33. The van der Waals surface area contributed by atoms with Gasteiger partial charge < -0.3 is 5.32 Å². The second-order valence-corrected chi connectivity index (χ2v) is 4.81. The normalized spacial score (nSPS) is 10.3. The van der Waals surface area contributed by atoms with Crippen molar-refractivity contribution in [3.63, 3.8) is 0 Å². The number of carbonyl (C=O) groups is 1. The Balaban J connectivity index is 1.92. The number of aromatic nitrogens is 1. The summed E-state index contributed by atoms with van der Waals surface area (Å²) in [5.41, 5.74) is 1.86. The standard InChI is InChI=1S/C13H14N2O2S/c1-10-9-18-13(17)15(10)8-12(16)14-7-11-5-3-2-4-6-11/h2-6,9H,7-8H2,1H3,(H,14,16). The van der Waals surface area contributed by atoms with E-state index in [9.17, 15) is 9.59 Å². The molecule has 18 heavy (non-hydrogen) atoms. The molecule has 1 aromatic carbocycles. The largest absolute Gasteiger partial charge is 0.350 e. The lowest BCUT2D eigenvalue weighted by atomic mass is 10.2. The van der Waals surface area contributed by atoms with Crippen LogP contribution in [-0.2, 0) is 17.9 Å². The van der Waals surface area contributed by atoms with Crippen molar-refractivity contribution in [1.29, 1.82) is 0 Å². The molecule has 94 valence electrons. The van der Waals surface area contributed by atoms with Crippen molar-refractivity contribution in [3.8, 4) is 0 Å². The Morgan fingerprint density at radius 1 is 1.33 bits per heavy atom. The van der Waals surface area contributed by atoms with Crippen LogP contribution in [0.2, 0.25) is 0 Å². The highest BCUT2D eigenvalue weighted by atomic mass is 32.1. The summed E-state index contributed by atoms with van der Waals surface area (Å²) in [6.07, 6.45) is 0.